The second-order valence-electron chi connectivity index (χ2n) is 7.39. The highest BCUT2D eigenvalue weighted by molar-refractivity contribution is 5.40. The van der Waals surface area contributed by atoms with E-state index < -0.39 is 0 Å². The zero-order chi connectivity index (χ0) is 13.8. The van der Waals surface area contributed by atoms with Gasteiger partial charge in [0.05, 0.1) is 0 Å². The summed E-state index contributed by atoms with van der Waals surface area (Å²) in [5.74, 6) is 3.67. The molecule has 0 spiro atoms. The lowest BCUT2D eigenvalue weighted by Gasteiger charge is -2.13. The van der Waals surface area contributed by atoms with E-state index in [4.69, 9.17) is 0 Å². The van der Waals surface area contributed by atoms with Crippen molar-refractivity contribution in [2.24, 2.45) is 0 Å². The molecule has 2 fully saturated rings. The highest BCUT2D eigenvalue weighted by Gasteiger charge is 2.37. The number of H-pyrrole nitrogens is 1. The van der Waals surface area contributed by atoms with Gasteiger partial charge in [0, 0.05) is 11.9 Å². The van der Waals surface area contributed by atoms with Crippen LogP contribution in [-0.2, 0) is 0 Å². The molecule has 2 saturated carbocycles. The van der Waals surface area contributed by atoms with Crippen molar-refractivity contribution in [2.45, 2.75) is 62.2 Å². The molecule has 4 aliphatic carbocycles. The molecule has 2 aromatic rings. The molecule has 1 aromatic heterocycles. The first kappa shape index (κ1) is 12.1. The predicted octanol–water partition coefficient (Wildman–Crippen LogP) is 5.43. The Kier molecular flexibility index (Phi) is 2.59. The first-order chi connectivity index (χ1) is 10.4. The average molecular weight is 277 g/mol. The molecule has 1 heteroatoms. The van der Waals surface area contributed by atoms with Crippen molar-refractivity contribution in [2.75, 3.05) is 0 Å². The summed E-state index contributed by atoms with van der Waals surface area (Å²) in [5.41, 5.74) is 6.49. The zero-order valence-corrected chi connectivity index (χ0v) is 12.5. The van der Waals surface area contributed by atoms with E-state index in [1.54, 1.807) is 22.4 Å². The van der Waals surface area contributed by atoms with Gasteiger partial charge in [-0.3, -0.25) is 0 Å². The van der Waals surface area contributed by atoms with Crippen molar-refractivity contribution in [3.63, 3.8) is 0 Å². The Hall–Kier alpha value is -1.50. The van der Waals surface area contributed by atoms with Gasteiger partial charge in [0.25, 0.3) is 0 Å². The predicted molar refractivity (Wildman–Crippen MR) is 85.9 cm³/mol. The number of fused-ring (bicyclic) bond motifs is 10. The lowest BCUT2D eigenvalue weighted by atomic mass is 9.92. The van der Waals surface area contributed by atoms with E-state index in [-0.39, 0.29) is 0 Å². The van der Waals surface area contributed by atoms with E-state index in [9.17, 15) is 0 Å². The number of nitrogens with one attached hydrogen (secondary N) is 1. The van der Waals surface area contributed by atoms with Crippen LogP contribution in [0.1, 0.15) is 84.6 Å². The van der Waals surface area contributed by atoms with Crippen molar-refractivity contribution < 1.29 is 0 Å². The molecular weight excluding hydrogens is 254 g/mol. The molecular formula is C20H23N. The van der Waals surface area contributed by atoms with Crippen LogP contribution >= 0.6 is 0 Å². The number of hydrogen-bond donors (Lipinski definition) is 1. The largest absolute Gasteiger partial charge is 0.365 e. The summed E-state index contributed by atoms with van der Waals surface area (Å²) in [4.78, 5) is 3.35. The Morgan fingerprint density at radius 2 is 1.24 bits per heavy atom. The van der Waals surface area contributed by atoms with Crippen LogP contribution in [0.3, 0.4) is 0 Å². The molecule has 4 atom stereocenters. The maximum absolute atomic E-state index is 3.35. The number of aromatic amines is 1. The van der Waals surface area contributed by atoms with Gasteiger partial charge in [0.2, 0.25) is 0 Å². The molecule has 6 rings (SSSR count). The molecule has 1 heterocycles. The van der Waals surface area contributed by atoms with Crippen LogP contribution in [0.4, 0.5) is 0 Å². The summed E-state index contributed by atoms with van der Waals surface area (Å²) in [5, 5.41) is 0. The molecule has 0 aliphatic heterocycles. The van der Waals surface area contributed by atoms with Crippen LogP contribution in [0.5, 0.6) is 0 Å². The minimum atomic E-state index is 0.898. The van der Waals surface area contributed by atoms with E-state index >= 15 is 0 Å². The fourth-order valence-electron chi connectivity index (χ4n) is 5.43. The summed E-state index contributed by atoms with van der Waals surface area (Å²) in [6, 6.07) is 11.3. The third-order valence-electron chi connectivity index (χ3n) is 6.40. The standard InChI is InChI=1S/C11H12.C9H11N/c1-2-4-11-9-6-5-8(7-9)10(11)3-1;1-2-7-5-6(1)8-3-4-10-9(7)8/h1-4,8-9H,5-7H2;3-4,6-7,10H,1-2,5H2. The average Bonchev–Trinajstić information content (AvgIpc) is 3.32. The number of benzene rings is 1. The summed E-state index contributed by atoms with van der Waals surface area (Å²) < 4.78 is 0. The second kappa shape index (κ2) is 4.50. The molecule has 1 aromatic carbocycles. The lowest BCUT2D eigenvalue weighted by molar-refractivity contribution is 0.706. The molecule has 4 aliphatic rings. The Bertz CT molecular complexity index is 614. The summed E-state index contributed by atoms with van der Waals surface area (Å²) in [6.07, 6.45) is 10.7. The molecule has 1 nitrogen and oxygen atoms in total. The van der Waals surface area contributed by atoms with Crippen LogP contribution in [0.15, 0.2) is 36.5 Å². The minimum Gasteiger partial charge on any atom is -0.365 e. The van der Waals surface area contributed by atoms with Crippen LogP contribution in [0.2, 0.25) is 0 Å². The van der Waals surface area contributed by atoms with Gasteiger partial charge in [-0.1, -0.05) is 24.3 Å². The smallest absolute Gasteiger partial charge is 0.0214 e. The highest BCUT2D eigenvalue weighted by atomic mass is 14.7. The number of aromatic nitrogens is 1. The fraction of sp³-hybridized carbons (Fsp3) is 0.500. The Balaban J connectivity index is 0.0000000996. The highest BCUT2D eigenvalue weighted by Crippen LogP contribution is 2.53. The molecule has 0 amide bonds. The summed E-state index contributed by atoms with van der Waals surface area (Å²) >= 11 is 0. The van der Waals surface area contributed by atoms with Crippen molar-refractivity contribution in [3.05, 3.63) is 58.9 Å². The summed E-state index contributed by atoms with van der Waals surface area (Å²) in [6.45, 7) is 0. The van der Waals surface area contributed by atoms with Crippen LogP contribution in [0, 0.1) is 0 Å². The molecule has 0 saturated heterocycles. The molecule has 108 valence electrons. The van der Waals surface area contributed by atoms with Crippen molar-refractivity contribution in [1.29, 1.82) is 0 Å². The van der Waals surface area contributed by atoms with E-state index in [1.165, 1.54) is 38.5 Å². The van der Waals surface area contributed by atoms with E-state index in [0.717, 1.165) is 23.7 Å². The Morgan fingerprint density at radius 3 is 1.90 bits per heavy atom. The van der Waals surface area contributed by atoms with Gasteiger partial charge in [-0.25, -0.2) is 0 Å². The van der Waals surface area contributed by atoms with Crippen molar-refractivity contribution in [1.82, 2.24) is 4.98 Å². The quantitative estimate of drug-likeness (QED) is 0.661. The lowest BCUT2D eigenvalue weighted by Crippen LogP contribution is -1.95. The van der Waals surface area contributed by atoms with Gasteiger partial charge >= 0.3 is 0 Å². The molecule has 21 heavy (non-hydrogen) atoms. The molecule has 4 unspecified atom stereocenters. The first-order valence-electron chi connectivity index (χ1n) is 8.66. The Labute approximate surface area is 126 Å². The summed E-state index contributed by atoms with van der Waals surface area (Å²) in [7, 11) is 0. The van der Waals surface area contributed by atoms with E-state index in [0.29, 0.717) is 0 Å². The second-order valence-corrected chi connectivity index (χ2v) is 7.39. The normalized spacial score (nSPS) is 33.5. The minimum absolute atomic E-state index is 0.898. The fourth-order valence-corrected chi connectivity index (χ4v) is 5.43. The molecule has 4 bridgehead atoms. The third-order valence-corrected chi connectivity index (χ3v) is 6.40. The van der Waals surface area contributed by atoms with Gasteiger partial charge in [0.1, 0.15) is 0 Å². The van der Waals surface area contributed by atoms with Crippen LogP contribution < -0.4 is 0 Å². The zero-order valence-electron chi connectivity index (χ0n) is 12.5. The monoisotopic (exact) mass is 277 g/mol. The van der Waals surface area contributed by atoms with Gasteiger partial charge in [-0.2, -0.15) is 0 Å². The van der Waals surface area contributed by atoms with Crippen LogP contribution in [-0.4, -0.2) is 4.98 Å². The topological polar surface area (TPSA) is 15.8 Å². The SMILES string of the molecule is c1cc2c([nH]1)C1CCC2C1.c1ccc2c(c1)C1CCC2C1. The Morgan fingerprint density at radius 1 is 0.667 bits per heavy atom. The number of rotatable bonds is 0. The number of hydrogen-bond acceptors (Lipinski definition) is 0. The van der Waals surface area contributed by atoms with Gasteiger partial charge in [0.15, 0.2) is 0 Å². The van der Waals surface area contributed by atoms with Crippen LogP contribution in [0.25, 0.3) is 0 Å². The molecule has 1 N–H and O–H groups in total. The van der Waals surface area contributed by atoms with Crippen molar-refractivity contribution >= 4 is 0 Å². The van der Waals surface area contributed by atoms with Gasteiger partial charge in [-0.15, -0.1) is 0 Å². The van der Waals surface area contributed by atoms with Gasteiger partial charge < -0.3 is 4.98 Å². The van der Waals surface area contributed by atoms with E-state index in [2.05, 4.69) is 41.5 Å². The first-order valence-corrected chi connectivity index (χ1v) is 8.66. The van der Waals surface area contributed by atoms with Crippen molar-refractivity contribution in [3.8, 4) is 0 Å². The maximum atomic E-state index is 3.35. The van der Waals surface area contributed by atoms with Gasteiger partial charge in [-0.05, 0) is 85.0 Å². The maximum Gasteiger partial charge on any atom is 0.0214 e. The van der Waals surface area contributed by atoms with E-state index in [1.807, 2.05) is 0 Å². The third kappa shape index (κ3) is 1.76. The molecule has 0 radical (unpaired) electrons.